The van der Waals surface area contributed by atoms with Gasteiger partial charge in [-0.2, -0.15) is 5.26 Å². The molecule has 0 unspecified atom stereocenters. The summed E-state index contributed by atoms with van der Waals surface area (Å²) in [5, 5.41) is 13.9. The second-order valence-corrected chi connectivity index (χ2v) is 11.2. The number of nitrogens with zero attached hydrogens (tertiary/aromatic N) is 4. The lowest BCUT2D eigenvalue weighted by Crippen LogP contribution is -1.94. The summed E-state index contributed by atoms with van der Waals surface area (Å²) < 4.78 is 0. The molecule has 46 heavy (non-hydrogen) atoms. The Morgan fingerprint density at radius 2 is 0.935 bits per heavy atom. The monoisotopic (exact) mass is 586 g/mol. The number of fused-ring (bicyclic) bond motifs is 2. The quantitative estimate of drug-likeness (QED) is 0.201. The van der Waals surface area contributed by atoms with Crippen LogP contribution in [0.15, 0.2) is 158 Å². The van der Waals surface area contributed by atoms with Crippen LogP contribution in [0, 0.1) is 11.3 Å². The van der Waals surface area contributed by atoms with Gasteiger partial charge in [0.2, 0.25) is 0 Å². The van der Waals surface area contributed by atoms with Gasteiger partial charge in [-0.25, -0.2) is 4.98 Å². The Hall–Kier alpha value is -6.44. The molecule has 4 nitrogen and oxygen atoms in total. The third-order valence-electron chi connectivity index (χ3n) is 8.41. The van der Waals surface area contributed by atoms with Crippen molar-refractivity contribution in [3.05, 3.63) is 164 Å². The summed E-state index contributed by atoms with van der Waals surface area (Å²) >= 11 is 0. The van der Waals surface area contributed by atoms with Crippen LogP contribution in [0.25, 0.3) is 77.7 Å². The molecule has 0 spiro atoms. The van der Waals surface area contributed by atoms with E-state index < -0.39 is 0 Å². The van der Waals surface area contributed by atoms with Crippen molar-refractivity contribution in [2.24, 2.45) is 0 Å². The van der Waals surface area contributed by atoms with E-state index in [9.17, 15) is 5.26 Å². The van der Waals surface area contributed by atoms with Crippen molar-refractivity contribution in [3.8, 4) is 62.2 Å². The Balaban J connectivity index is 1.21. The lowest BCUT2D eigenvalue weighted by atomic mass is 9.92. The molecule has 0 bridgehead atoms. The maximum absolute atomic E-state index is 9.20. The number of pyridine rings is 3. The normalized spacial score (nSPS) is 11.0. The number of aromatic nitrogens is 3. The van der Waals surface area contributed by atoms with E-state index in [0.717, 1.165) is 61.5 Å². The molecule has 0 atom stereocenters. The number of rotatable bonds is 5. The Labute approximate surface area is 266 Å². The molecule has 0 fully saturated rings. The summed E-state index contributed by atoms with van der Waals surface area (Å²) in [6.45, 7) is 0. The van der Waals surface area contributed by atoms with Crippen LogP contribution >= 0.6 is 0 Å². The van der Waals surface area contributed by atoms with Gasteiger partial charge in [0.05, 0.1) is 34.4 Å². The minimum Gasteiger partial charge on any atom is -0.255 e. The van der Waals surface area contributed by atoms with Crippen LogP contribution in [0.4, 0.5) is 0 Å². The number of benzene rings is 5. The molecular formula is C42H26N4. The summed E-state index contributed by atoms with van der Waals surface area (Å²) in [5.41, 5.74) is 10.7. The molecule has 0 aliphatic heterocycles. The Bertz CT molecular complexity index is 2350. The van der Waals surface area contributed by atoms with Crippen LogP contribution in [0.2, 0.25) is 0 Å². The lowest BCUT2D eigenvalue weighted by Gasteiger charge is -2.13. The molecule has 4 heteroatoms. The van der Waals surface area contributed by atoms with Crippen LogP contribution in [-0.2, 0) is 0 Å². The maximum Gasteiger partial charge on any atom is 0.0991 e. The van der Waals surface area contributed by atoms with Crippen molar-refractivity contribution >= 4 is 21.5 Å². The van der Waals surface area contributed by atoms with Crippen molar-refractivity contribution in [2.45, 2.75) is 0 Å². The van der Waals surface area contributed by atoms with Gasteiger partial charge in [0.25, 0.3) is 0 Å². The first-order chi connectivity index (χ1) is 22.7. The van der Waals surface area contributed by atoms with Crippen molar-refractivity contribution in [2.75, 3.05) is 0 Å². The van der Waals surface area contributed by atoms with Crippen LogP contribution in [0.5, 0.6) is 0 Å². The minimum atomic E-state index is 0.664. The Kier molecular flexibility index (Phi) is 6.83. The zero-order valence-corrected chi connectivity index (χ0v) is 24.8. The summed E-state index contributed by atoms with van der Waals surface area (Å²) in [6.07, 6.45) is 3.59. The number of hydrogen-bond donors (Lipinski definition) is 0. The molecule has 3 aromatic heterocycles. The highest BCUT2D eigenvalue weighted by molar-refractivity contribution is 6.02. The molecule has 8 aromatic rings. The first-order valence-corrected chi connectivity index (χ1v) is 15.2. The highest BCUT2D eigenvalue weighted by atomic mass is 14.8. The molecular weight excluding hydrogens is 560 g/mol. The highest BCUT2D eigenvalue weighted by Crippen LogP contribution is 2.36. The largest absolute Gasteiger partial charge is 0.255 e. The fourth-order valence-electron chi connectivity index (χ4n) is 6.13. The predicted octanol–water partition coefficient (Wildman–Crippen LogP) is 10.4. The summed E-state index contributed by atoms with van der Waals surface area (Å²) in [5.74, 6) is 0. The first kappa shape index (κ1) is 27.1. The average molecular weight is 587 g/mol. The highest BCUT2D eigenvalue weighted by Gasteiger charge is 2.13. The van der Waals surface area contributed by atoms with Crippen molar-refractivity contribution in [1.29, 1.82) is 5.26 Å². The molecule has 0 aliphatic carbocycles. The van der Waals surface area contributed by atoms with E-state index >= 15 is 0 Å². The number of nitriles is 1. The van der Waals surface area contributed by atoms with Gasteiger partial charge in [0.1, 0.15) is 0 Å². The maximum atomic E-state index is 9.20. The van der Waals surface area contributed by atoms with Gasteiger partial charge in [-0.1, -0.05) is 84.9 Å². The molecule has 0 aliphatic rings. The second kappa shape index (κ2) is 11.6. The lowest BCUT2D eigenvalue weighted by molar-refractivity contribution is 1.22. The molecule has 0 N–H and O–H groups in total. The molecule has 0 saturated carbocycles. The standard InChI is InChI=1S/C42H26N4/c43-27-28-13-15-29(16-14-28)35-9-5-7-32-23-30(17-19-37(32)35)31-18-20-38-33(24-31)8-6-10-36(38)34-25-41(39-11-1-3-21-44-39)46-42(26-34)40-12-2-4-22-45-40/h1-26H. The van der Waals surface area contributed by atoms with Crippen LogP contribution in [0.3, 0.4) is 0 Å². The Morgan fingerprint density at radius 1 is 0.413 bits per heavy atom. The Morgan fingerprint density at radius 3 is 1.43 bits per heavy atom. The van der Waals surface area contributed by atoms with Gasteiger partial charge >= 0.3 is 0 Å². The fourth-order valence-corrected chi connectivity index (χ4v) is 6.13. The summed E-state index contributed by atoms with van der Waals surface area (Å²) in [6, 6.07) is 52.2. The average Bonchev–Trinajstić information content (AvgIpc) is 3.14. The third kappa shape index (κ3) is 5.06. The van der Waals surface area contributed by atoms with E-state index in [-0.39, 0.29) is 0 Å². The predicted molar refractivity (Wildman–Crippen MR) is 187 cm³/mol. The van der Waals surface area contributed by atoms with Crippen molar-refractivity contribution < 1.29 is 0 Å². The van der Waals surface area contributed by atoms with E-state index in [0.29, 0.717) is 5.56 Å². The van der Waals surface area contributed by atoms with Crippen LogP contribution in [-0.4, -0.2) is 15.0 Å². The van der Waals surface area contributed by atoms with E-state index in [4.69, 9.17) is 4.98 Å². The minimum absolute atomic E-state index is 0.664. The van der Waals surface area contributed by atoms with E-state index in [1.54, 1.807) is 12.4 Å². The zero-order chi connectivity index (χ0) is 30.9. The van der Waals surface area contributed by atoms with E-state index in [1.807, 2.05) is 60.7 Å². The van der Waals surface area contributed by atoms with E-state index in [1.165, 1.54) is 16.2 Å². The SMILES string of the molecule is N#Cc1ccc(-c2cccc3cc(-c4ccc5c(-c6cc(-c7ccccn7)nc(-c7ccccn7)c6)cccc5c4)ccc23)cc1. The van der Waals surface area contributed by atoms with Gasteiger partial charge in [-0.05, 0) is 116 Å². The molecule has 3 heterocycles. The zero-order valence-electron chi connectivity index (χ0n) is 24.8. The molecule has 0 saturated heterocycles. The molecule has 214 valence electrons. The number of hydrogen-bond acceptors (Lipinski definition) is 4. The molecule has 0 amide bonds. The molecule has 0 radical (unpaired) electrons. The van der Waals surface area contributed by atoms with Crippen LogP contribution in [0.1, 0.15) is 5.56 Å². The first-order valence-electron chi connectivity index (χ1n) is 15.2. The van der Waals surface area contributed by atoms with Crippen molar-refractivity contribution in [3.63, 3.8) is 0 Å². The van der Waals surface area contributed by atoms with Crippen LogP contribution < -0.4 is 0 Å². The summed E-state index contributed by atoms with van der Waals surface area (Å²) in [4.78, 5) is 14.1. The molecule has 5 aromatic carbocycles. The van der Waals surface area contributed by atoms with Gasteiger partial charge < -0.3 is 0 Å². The fraction of sp³-hybridized carbons (Fsp3) is 0. The van der Waals surface area contributed by atoms with Gasteiger partial charge in [0.15, 0.2) is 0 Å². The third-order valence-corrected chi connectivity index (χ3v) is 8.41. The van der Waals surface area contributed by atoms with Crippen molar-refractivity contribution in [1.82, 2.24) is 15.0 Å². The smallest absolute Gasteiger partial charge is 0.0991 e. The van der Waals surface area contributed by atoms with Gasteiger partial charge in [0, 0.05) is 12.4 Å². The molecule has 8 rings (SSSR count). The topological polar surface area (TPSA) is 62.5 Å². The van der Waals surface area contributed by atoms with E-state index in [2.05, 4.69) is 101 Å². The second-order valence-electron chi connectivity index (χ2n) is 11.2. The summed E-state index contributed by atoms with van der Waals surface area (Å²) in [7, 11) is 0. The van der Waals surface area contributed by atoms with Gasteiger partial charge in [-0.15, -0.1) is 0 Å². The van der Waals surface area contributed by atoms with Gasteiger partial charge in [-0.3, -0.25) is 9.97 Å².